The summed E-state index contributed by atoms with van der Waals surface area (Å²) in [6, 6.07) is 11.6. The molecule has 4 atom stereocenters. The van der Waals surface area contributed by atoms with Gasteiger partial charge in [0.15, 0.2) is 12.4 Å². The topological polar surface area (TPSA) is 136 Å². The third-order valence-electron chi connectivity index (χ3n) is 4.54. The smallest absolute Gasteiger partial charge is 0.297 e. The molecule has 2 aromatic rings. The lowest BCUT2D eigenvalue weighted by molar-refractivity contribution is -0.239. The van der Waals surface area contributed by atoms with Gasteiger partial charge in [-0.2, -0.15) is 16.8 Å². The maximum Gasteiger partial charge on any atom is 0.297 e. The minimum Gasteiger partial charge on any atom is -0.387 e. The van der Waals surface area contributed by atoms with Crippen LogP contribution >= 0.6 is 0 Å². The molecule has 0 aromatic heterocycles. The Morgan fingerprint density at radius 3 is 1.70 bits per heavy atom. The predicted molar refractivity (Wildman–Crippen MR) is 104 cm³/mol. The maximum atomic E-state index is 12.5. The highest BCUT2D eigenvalue weighted by atomic mass is 32.2. The van der Waals surface area contributed by atoms with Crippen molar-refractivity contribution in [2.24, 2.45) is 0 Å². The normalized spacial score (nSPS) is 25.2. The molecule has 0 amide bonds. The molecule has 0 radical (unpaired) electrons. The van der Waals surface area contributed by atoms with E-state index in [1.165, 1.54) is 24.3 Å². The molecule has 11 heteroatoms. The van der Waals surface area contributed by atoms with Crippen LogP contribution in [0.5, 0.6) is 0 Å². The van der Waals surface area contributed by atoms with Gasteiger partial charge in [-0.25, -0.2) is 0 Å². The van der Waals surface area contributed by atoms with Gasteiger partial charge in [0, 0.05) is 0 Å². The van der Waals surface area contributed by atoms with Crippen LogP contribution in [0.3, 0.4) is 0 Å². The summed E-state index contributed by atoms with van der Waals surface area (Å²) in [5.41, 5.74) is 1.66. The van der Waals surface area contributed by atoms with Gasteiger partial charge in [0.25, 0.3) is 20.2 Å². The molecule has 9 nitrogen and oxygen atoms in total. The van der Waals surface area contributed by atoms with E-state index in [4.69, 9.17) is 13.1 Å². The van der Waals surface area contributed by atoms with E-state index in [0.717, 1.165) is 11.1 Å². The maximum absolute atomic E-state index is 12.5. The van der Waals surface area contributed by atoms with Gasteiger partial charge in [-0.05, 0) is 38.1 Å². The molecule has 1 saturated heterocycles. The monoisotopic (exact) mass is 458 g/mol. The summed E-state index contributed by atoms with van der Waals surface area (Å²) >= 11 is 0. The first kappa shape index (κ1) is 22.8. The van der Waals surface area contributed by atoms with Gasteiger partial charge >= 0.3 is 0 Å². The molecule has 3 rings (SSSR count). The van der Waals surface area contributed by atoms with Crippen LogP contribution in [0.2, 0.25) is 0 Å². The molecular weight excluding hydrogens is 436 g/mol. The average Bonchev–Trinajstić information content (AvgIpc) is 2.68. The Balaban J connectivity index is 1.78. The molecule has 1 aliphatic rings. The lowest BCUT2D eigenvalue weighted by atomic mass is 10.1. The molecule has 1 heterocycles. The Morgan fingerprint density at radius 2 is 1.23 bits per heavy atom. The average molecular weight is 459 g/mol. The number of rotatable bonds is 6. The minimum atomic E-state index is -4.37. The van der Waals surface area contributed by atoms with Gasteiger partial charge in [0.1, 0.15) is 12.2 Å². The molecule has 30 heavy (non-hydrogen) atoms. The lowest BCUT2D eigenvalue weighted by Crippen LogP contribution is -2.55. The number of benzene rings is 2. The van der Waals surface area contributed by atoms with E-state index in [0.29, 0.717) is 0 Å². The predicted octanol–water partition coefficient (Wildman–Crippen LogP) is 0.861. The standard InChI is InChI=1S/C19H22O9S2/c1-12-3-7-14(8-4-12)29(22,23)27-16-11-26-19(21)18(17(16)20)28-30(24,25)15-9-5-13(2)6-10-15/h3-10,16-21H,11H2,1-2H3/t16-,17-,18-,19+/m1/s1. The van der Waals surface area contributed by atoms with Crippen molar-refractivity contribution in [1.82, 2.24) is 0 Å². The Bertz CT molecular complexity index is 1080. The first-order chi connectivity index (χ1) is 14.0. The van der Waals surface area contributed by atoms with E-state index in [2.05, 4.69) is 0 Å². The van der Waals surface area contributed by atoms with Crippen molar-refractivity contribution in [3.63, 3.8) is 0 Å². The second-order valence-corrected chi connectivity index (χ2v) is 10.1. The van der Waals surface area contributed by atoms with Gasteiger partial charge in [0.05, 0.1) is 16.4 Å². The van der Waals surface area contributed by atoms with E-state index in [1.54, 1.807) is 38.1 Å². The zero-order valence-electron chi connectivity index (χ0n) is 16.2. The van der Waals surface area contributed by atoms with Crippen LogP contribution in [-0.2, 0) is 33.3 Å². The lowest BCUT2D eigenvalue weighted by Gasteiger charge is -2.36. The molecule has 1 aliphatic heterocycles. The van der Waals surface area contributed by atoms with E-state index in [-0.39, 0.29) is 9.79 Å². The SMILES string of the molecule is Cc1ccc(S(=O)(=O)O[C@@H]2[C@H](O)[C@H](OS(=O)(=O)c3ccc(C)cc3)CO[C@@H]2O)cc1. The molecule has 2 aromatic carbocycles. The van der Waals surface area contributed by atoms with Crippen LogP contribution in [0.4, 0.5) is 0 Å². The summed E-state index contributed by atoms with van der Waals surface area (Å²) in [6.45, 7) is 3.07. The van der Waals surface area contributed by atoms with Crippen LogP contribution in [-0.4, -0.2) is 58.3 Å². The number of aliphatic hydroxyl groups is 2. The summed E-state index contributed by atoms with van der Waals surface area (Å²) in [4.78, 5) is -0.334. The molecule has 0 unspecified atom stereocenters. The zero-order chi connectivity index (χ0) is 22.1. The Labute approximate surface area is 175 Å². The van der Waals surface area contributed by atoms with Crippen LogP contribution < -0.4 is 0 Å². The second kappa shape index (κ2) is 8.71. The molecule has 0 saturated carbocycles. The highest BCUT2D eigenvalue weighted by Crippen LogP contribution is 2.26. The fraction of sp³-hybridized carbons (Fsp3) is 0.368. The van der Waals surface area contributed by atoms with Crippen molar-refractivity contribution >= 4 is 20.2 Å². The van der Waals surface area contributed by atoms with Crippen LogP contribution in [0.15, 0.2) is 58.3 Å². The highest BCUT2D eigenvalue weighted by molar-refractivity contribution is 7.87. The van der Waals surface area contributed by atoms with Crippen LogP contribution in [0.25, 0.3) is 0 Å². The Hall–Kier alpha value is -1.86. The molecule has 0 spiro atoms. The van der Waals surface area contributed by atoms with Gasteiger partial charge in [-0.15, -0.1) is 0 Å². The largest absolute Gasteiger partial charge is 0.387 e. The minimum absolute atomic E-state index is 0.142. The third kappa shape index (κ3) is 5.06. The fourth-order valence-corrected chi connectivity index (χ4v) is 4.94. The van der Waals surface area contributed by atoms with Crippen molar-refractivity contribution in [2.75, 3.05) is 6.61 Å². The summed E-state index contributed by atoms with van der Waals surface area (Å²) in [5, 5.41) is 20.5. The van der Waals surface area contributed by atoms with E-state index in [1.807, 2.05) is 0 Å². The summed E-state index contributed by atoms with van der Waals surface area (Å²) in [5.74, 6) is 0. The second-order valence-electron chi connectivity index (χ2n) is 6.94. The van der Waals surface area contributed by atoms with Gasteiger partial charge < -0.3 is 14.9 Å². The third-order valence-corrected chi connectivity index (χ3v) is 7.21. The van der Waals surface area contributed by atoms with Crippen LogP contribution in [0.1, 0.15) is 11.1 Å². The first-order valence-electron chi connectivity index (χ1n) is 8.97. The van der Waals surface area contributed by atoms with Gasteiger partial charge in [0.2, 0.25) is 0 Å². The number of aliphatic hydroxyl groups excluding tert-OH is 2. The summed E-state index contributed by atoms with van der Waals surface area (Å²) < 4.78 is 64.9. The van der Waals surface area contributed by atoms with Crippen molar-refractivity contribution < 1.29 is 40.2 Å². The summed E-state index contributed by atoms with van der Waals surface area (Å²) in [6.07, 6.45) is -6.88. The van der Waals surface area contributed by atoms with Crippen molar-refractivity contribution in [2.45, 2.75) is 48.2 Å². The number of hydrogen-bond acceptors (Lipinski definition) is 9. The van der Waals surface area contributed by atoms with Crippen molar-refractivity contribution in [3.8, 4) is 0 Å². The first-order valence-corrected chi connectivity index (χ1v) is 11.8. The zero-order valence-corrected chi connectivity index (χ0v) is 17.8. The van der Waals surface area contributed by atoms with Crippen molar-refractivity contribution in [1.29, 1.82) is 0 Å². The molecule has 1 fully saturated rings. The molecule has 164 valence electrons. The molecule has 0 bridgehead atoms. The molecular formula is C19H22O9S2. The number of aryl methyl sites for hydroxylation is 2. The number of hydrogen-bond donors (Lipinski definition) is 2. The van der Waals surface area contributed by atoms with Gasteiger partial charge in [-0.1, -0.05) is 35.4 Å². The summed E-state index contributed by atoms with van der Waals surface area (Å²) in [7, 11) is -8.65. The quantitative estimate of drug-likeness (QED) is 0.604. The van der Waals surface area contributed by atoms with E-state index >= 15 is 0 Å². The van der Waals surface area contributed by atoms with Crippen LogP contribution in [0, 0.1) is 13.8 Å². The fourth-order valence-electron chi connectivity index (χ4n) is 2.79. The van der Waals surface area contributed by atoms with E-state index < -0.39 is 51.4 Å². The van der Waals surface area contributed by atoms with Crippen molar-refractivity contribution in [3.05, 3.63) is 59.7 Å². The molecule has 2 N–H and O–H groups in total. The Morgan fingerprint density at radius 1 is 0.800 bits per heavy atom. The highest BCUT2D eigenvalue weighted by Gasteiger charge is 2.45. The number of ether oxygens (including phenoxy) is 1. The Kier molecular flexibility index (Phi) is 6.63. The molecule has 0 aliphatic carbocycles. The van der Waals surface area contributed by atoms with E-state index in [9.17, 15) is 27.0 Å². The van der Waals surface area contributed by atoms with Gasteiger partial charge in [-0.3, -0.25) is 8.37 Å².